The van der Waals surface area contributed by atoms with Gasteiger partial charge in [-0.15, -0.1) is 45.3 Å². The molecule has 0 saturated carbocycles. The van der Waals surface area contributed by atoms with Crippen molar-refractivity contribution in [3.05, 3.63) is 82.8 Å². The van der Waals surface area contributed by atoms with E-state index in [1.165, 1.54) is 126 Å². The van der Waals surface area contributed by atoms with Crippen molar-refractivity contribution in [1.29, 1.82) is 21.0 Å². The third-order valence-electron chi connectivity index (χ3n) is 10.0. The van der Waals surface area contributed by atoms with Gasteiger partial charge in [0.15, 0.2) is 0 Å². The first-order chi connectivity index (χ1) is 26.5. The molecule has 0 radical (unpaired) electrons. The summed E-state index contributed by atoms with van der Waals surface area (Å²) in [4.78, 5) is 0. The van der Waals surface area contributed by atoms with Crippen molar-refractivity contribution in [2.45, 2.75) is 156 Å². The van der Waals surface area contributed by atoms with Crippen LogP contribution in [0.15, 0.2) is 24.3 Å². The Morgan fingerprint density at radius 3 is 0.944 bits per heavy atom. The van der Waals surface area contributed by atoms with E-state index in [4.69, 9.17) is 0 Å². The van der Waals surface area contributed by atoms with E-state index >= 15 is 0 Å². The smallest absolute Gasteiger partial charge is 0.146 e. The Hall–Kier alpha value is -3.50. The van der Waals surface area contributed by atoms with Crippen LogP contribution in [0.1, 0.15) is 153 Å². The molecule has 4 aromatic rings. The van der Waals surface area contributed by atoms with Crippen LogP contribution in [0.25, 0.3) is 11.1 Å². The van der Waals surface area contributed by atoms with Crippen LogP contribution in [0.2, 0.25) is 0 Å². The molecule has 0 aliphatic carbocycles. The molecule has 0 spiro atoms. The quantitative estimate of drug-likeness (QED) is 0.0833. The summed E-state index contributed by atoms with van der Waals surface area (Å²) in [6, 6.07) is 17.7. The van der Waals surface area contributed by atoms with Crippen LogP contribution in [0.4, 0.5) is 0 Å². The van der Waals surface area contributed by atoms with Crippen LogP contribution in [-0.2, 0) is 25.7 Å². The van der Waals surface area contributed by atoms with E-state index in [9.17, 15) is 21.0 Å². The summed E-state index contributed by atoms with van der Waals surface area (Å²) in [5.74, 6) is 0. The molecule has 4 nitrogen and oxygen atoms in total. The molecular weight excluding hydrogens is 737 g/mol. The van der Waals surface area contributed by atoms with Crippen LogP contribution in [0.5, 0.6) is 0 Å². The lowest BCUT2D eigenvalue weighted by molar-refractivity contribution is 0.665. The fourth-order valence-corrected chi connectivity index (χ4v) is 12.2. The van der Waals surface area contributed by atoms with Crippen LogP contribution in [0, 0.1) is 72.5 Å². The molecule has 0 N–H and O–H groups in total. The van der Waals surface area contributed by atoms with Gasteiger partial charge in [0.1, 0.15) is 35.4 Å². The second kappa shape index (κ2) is 23.4. The number of unbranched alkanes of at least 4 members (excludes halogenated alkanes) is 12. The SMILES string of the molecule is CCCCCCc1cc(=C(C#N)C#N)s/c1=c1/s/c(=c2/cc(CCCCCC)/c(=c3\sc(=C(C#N)C#N)cc3CCCCCC)s2)cc1CCCCCC. The highest BCUT2D eigenvalue weighted by molar-refractivity contribution is 7.14. The number of hydrogen-bond donors (Lipinski definition) is 0. The van der Waals surface area contributed by atoms with E-state index in [0.29, 0.717) is 0 Å². The van der Waals surface area contributed by atoms with Crippen molar-refractivity contribution < 1.29 is 0 Å². The minimum absolute atomic E-state index is 0.201. The lowest BCUT2D eigenvalue weighted by Crippen LogP contribution is -1.95. The average Bonchev–Trinajstić information content (AvgIpc) is 3.99. The average molecular weight is 793 g/mol. The predicted molar refractivity (Wildman–Crippen MR) is 230 cm³/mol. The van der Waals surface area contributed by atoms with Gasteiger partial charge in [0.05, 0.1) is 9.06 Å². The topological polar surface area (TPSA) is 95.2 Å². The molecular formula is C46H56N4S4. The molecule has 0 unspecified atom stereocenters. The standard InChI is InChI=1S/C46H56N4S4/c1-5-9-13-17-21-33-25-39(37(29-47)30-48)51-43(33)45-35(23-19-15-11-7-3)27-41(53-45)42-28-36(24-20-16-12-8-4)46(54-42)44-34(22-18-14-10-6-2)26-40(52-44)38(31-49)32-50/h25-28H,5-24H2,1-4H3/b42-41-,45-43+,46-44+. The van der Waals surface area contributed by atoms with Crippen molar-refractivity contribution in [1.82, 2.24) is 0 Å². The molecule has 0 aromatic carbocycles. The zero-order chi connectivity index (χ0) is 38.7. The van der Waals surface area contributed by atoms with Crippen molar-refractivity contribution in [2.75, 3.05) is 0 Å². The van der Waals surface area contributed by atoms with Crippen LogP contribution in [0.3, 0.4) is 0 Å². The highest BCUT2D eigenvalue weighted by Crippen LogP contribution is 2.27. The normalized spacial score (nSPS) is 12.9. The lowest BCUT2D eigenvalue weighted by Gasteiger charge is -2.00. The molecule has 0 amide bonds. The Morgan fingerprint density at radius 1 is 0.389 bits per heavy atom. The zero-order valence-corrected chi connectivity index (χ0v) is 36.1. The second-order valence-corrected chi connectivity index (χ2v) is 18.5. The third-order valence-corrected chi connectivity index (χ3v) is 15.3. The maximum Gasteiger partial charge on any atom is 0.146 e. The van der Waals surface area contributed by atoms with Gasteiger partial charge in [-0.2, -0.15) is 21.0 Å². The first kappa shape index (κ1) is 43.2. The van der Waals surface area contributed by atoms with Gasteiger partial charge in [-0.3, -0.25) is 0 Å². The van der Waals surface area contributed by atoms with Crippen LogP contribution in [-0.4, -0.2) is 0 Å². The number of thiophene rings is 4. The highest BCUT2D eigenvalue weighted by Gasteiger charge is 2.12. The summed E-state index contributed by atoms with van der Waals surface area (Å²) >= 11 is 7.00. The van der Waals surface area contributed by atoms with Crippen LogP contribution < -0.4 is 9.06 Å². The second-order valence-electron chi connectivity index (χ2n) is 14.3. The van der Waals surface area contributed by atoms with Gasteiger partial charge >= 0.3 is 0 Å². The molecule has 0 aliphatic heterocycles. The van der Waals surface area contributed by atoms with Crippen molar-refractivity contribution in [2.24, 2.45) is 0 Å². The van der Waals surface area contributed by atoms with Gasteiger partial charge in [0.25, 0.3) is 0 Å². The fourth-order valence-electron chi connectivity index (χ4n) is 6.96. The Labute approximate surface area is 338 Å². The molecule has 4 rings (SSSR count). The van der Waals surface area contributed by atoms with E-state index in [2.05, 4.69) is 76.2 Å². The Balaban J connectivity index is 2.12. The molecule has 54 heavy (non-hydrogen) atoms. The summed E-state index contributed by atoms with van der Waals surface area (Å²) in [6.07, 6.45) is 22.9. The van der Waals surface area contributed by atoms with Gasteiger partial charge in [-0.25, -0.2) is 0 Å². The minimum atomic E-state index is 0.201. The molecule has 4 aromatic heterocycles. The summed E-state index contributed by atoms with van der Waals surface area (Å²) in [6.45, 7) is 8.98. The monoisotopic (exact) mass is 792 g/mol. The molecule has 0 saturated heterocycles. The van der Waals surface area contributed by atoms with E-state index in [-0.39, 0.29) is 11.1 Å². The number of nitriles is 4. The van der Waals surface area contributed by atoms with E-state index < -0.39 is 0 Å². The molecule has 0 fully saturated rings. The lowest BCUT2D eigenvalue weighted by atomic mass is 10.1. The van der Waals surface area contributed by atoms with Crippen molar-refractivity contribution in [3.63, 3.8) is 0 Å². The van der Waals surface area contributed by atoms with Gasteiger partial charge in [0, 0.05) is 27.2 Å². The van der Waals surface area contributed by atoms with Crippen LogP contribution >= 0.6 is 45.3 Å². The third kappa shape index (κ3) is 11.8. The minimum Gasteiger partial charge on any atom is -0.192 e. The van der Waals surface area contributed by atoms with Gasteiger partial charge in [-0.05, 0) is 97.9 Å². The Morgan fingerprint density at radius 2 is 0.667 bits per heavy atom. The van der Waals surface area contributed by atoms with Crippen molar-refractivity contribution >= 4 is 56.5 Å². The first-order valence-electron chi connectivity index (χ1n) is 20.3. The Bertz CT molecular complexity index is 2210. The van der Waals surface area contributed by atoms with Gasteiger partial charge < -0.3 is 0 Å². The summed E-state index contributed by atoms with van der Waals surface area (Å²) in [7, 11) is 0. The van der Waals surface area contributed by atoms with Gasteiger partial charge in [0.2, 0.25) is 0 Å². The first-order valence-corrected chi connectivity index (χ1v) is 23.6. The fraction of sp³-hybridized carbons (Fsp3) is 0.522. The zero-order valence-electron chi connectivity index (χ0n) is 32.9. The largest absolute Gasteiger partial charge is 0.192 e. The summed E-state index contributed by atoms with van der Waals surface area (Å²) in [5.41, 5.74) is 5.69. The molecule has 0 aliphatic rings. The molecule has 284 valence electrons. The molecule has 0 bridgehead atoms. The van der Waals surface area contributed by atoms with E-state index in [0.717, 1.165) is 60.4 Å². The summed E-state index contributed by atoms with van der Waals surface area (Å²) < 4.78 is 9.19. The van der Waals surface area contributed by atoms with E-state index in [1.807, 2.05) is 22.7 Å². The number of nitrogens with zero attached hydrogens (tertiary/aromatic N) is 4. The maximum absolute atomic E-state index is 9.80. The Kier molecular flexibility index (Phi) is 18.8. The molecule has 8 heteroatoms. The van der Waals surface area contributed by atoms with Gasteiger partial charge in [-0.1, -0.05) is 105 Å². The summed E-state index contributed by atoms with van der Waals surface area (Å²) in [5, 5.41) is 39.2. The molecule has 0 atom stereocenters. The van der Waals surface area contributed by atoms with Crippen molar-refractivity contribution in [3.8, 4) is 24.3 Å². The number of hydrogen-bond acceptors (Lipinski definition) is 8. The number of aryl methyl sites for hydroxylation is 4. The molecule has 4 heterocycles. The maximum atomic E-state index is 9.80. The highest BCUT2D eigenvalue weighted by atomic mass is 32.1. The van der Waals surface area contributed by atoms with E-state index in [1.54, 1.807) is 22.7 Å². The predicted octanol–water partition coefficient (Wildman–Crippen LogP) is 12.7. The number of rotatable bonds is 20.